The van der Waals surface area contributed by atoms with Crippen molar-refractivity contribution in [3.05, 3.63) is 47.7 Å². The Balaban J connectivity index is 1.10. The highest BCUT2D eigenvalue weighted by atomic mass is 19.1. The summed E-state index contributed by atoms with van der Waals surface area (Å²) < 4.78 is 52.4. The van der Waals surface area contributed by atoms with E-state index in [0.29, 0.717) is 51.5 Å². The summed E-state index contributed by atoms with van der Waals surface area (Å²) in [5.41, 5.74) is 1.04. The van der Waals surface area contributed by atoms with Gasteiger partial charge in [-0.15, -0.1) is 6.42 Å². The van der Waals surface area contributed by atoms with Gasteiger partial charge in [-0.05, 0) is 67.7 Å². The number of aromatic hydroxyl groups is 1. The van der Waals surface area contributed by atoms with Gasteiger partial charge in [0.2, 0.25) is 0 Å². The third kappa shape index (κ3) is 5.95. The van der Waals surface area contributed by atoms with Gasteiger partial charge in [0.05, 0.1) is 24.2 Å². The number of phenols is 1. The minimum absolute atomic E-state index is 0.000400. The number of hydrogen-bond donors (Lipinski definition) is 1. The van der Waals surface area contributed by atoms with Crippen LogP contribution in [0.25, 0.3) is 43.7 Å². The van der Waals surface area contributed by atoms with Gasteiger partial charge in [-0.3, -0.25) is 9.58 Å². The maximum atomic E-state index is 17.8. The smallest absolute Gasteiger partial charge is 0.319 e. The lowest BCUT2D eigenvalue weighted by Crippen LogP contribution is -2.58. The predicted molar refractivity (Wildman–Crippen MR) is 210 cm³/mol. The molecule has 4 aliphatic heterocycles. The van der Waals surface area contributed by atoms with Crippen molar-refractivity contribution < 1.29 is 28.1 Å². The SMILES string of the molecule is C#Cc1c(F)ccc2cc(O)cc(-c3c(F)c4nc(OCC5(CN6CC7(CCOC7)C6)CC5)nc(N5C6CCC5CN(CCCOC)C6)c4c4cn(C)nc34)c12. The van der Waals surface area contributed by atoms with Crippen molar-refractivity contribution in [3.63, 3.8) is 0 Å². The first-order valence-corrected chi connectivity index (χ1v) is 19.9. The molecular formula is C43H47F2N7O4. The van der Waals surface area contributed by atoms with Crippen LogP contribution in [-0.4, -0.2) is 120 Å². The number of halogens is 2. The van der Waals surface area contributed by atoms with E-state index >= 15 is 8.78 Å². The second-order valence-electron chi connectivity index (χ2n) is 17.1. The molecule has 2 atom stereocenters. The molecule has 0 amide bonds. The molecule has 6 heterocycles. The Bertz CT molecular complexity index is 2400. The maximum Gasteiger partial charge on any atom is 0.319 e. The molecule has 5 fully saturated rings. The molecule has 13 heteroatoms. The second-order valence-corrected chi connectivity index (χ2v) is 17.1. The lowest BCUT2D eigenvalue weighted by molar-refractivity contribution is -0.0239. The van der Waals surface area contributed by atoms with Crippen LogP contribution in [0.3, 0.4) is 0 Å². The Hall–Kier alpha value is -4.61. The largest absolute Gasteiger partial charge is 0.508 e. The number of fused-ring (bicyclic) bond motifs is 6. The summed E-state index contributed by atoms with van der Waals surface area (Å²) in [6.07, 6.45) is 13.9. The van der Waals surface area contributed by atoms with Crippen LogP contribution >= 0.6 is 0 Å². The normalized spacial score (nSPS) is 22.7. The monoisotopic (exact) mass is 763 g/mol. The Morgan fingerprint density at radius 3 is 2.55 bits per heavy atom. The van der Waals surface area contributed by atoms with Gasteiger partial charge in [0.25, 0.3) is 0 Å². The quantitative estimate of drug-likeness (QED) is 0.130. The van der Waals surface area contributed by atoms with Gasteiger partial charge < -0.3 is 29.1 Å². The number of ether oxygens (including phenoxy) is 3. The maximum absolute atomic E-state index is 17.8. The number of hydrogen-bond acceptors (Lipinski definition) is 10. The number of terminal acetylenes is 1. The highest BCUT2D eigenvalue weighted by Gasteiger charge is 2.52. The van der Waals surface area contributed by atoms with E-state index in [4.69, 9.17) is 35.7 Å². The molecule has 56 heavy (non-hydrogen) atoms. The Morgan fingerprint density at radius 1 is 1.04 bits per heavy atom. The van der Waals surface area contributed by atoms with E-state index in [1.165, 1.54) is 24.3 Å². The van der Waals surface area contributed by atoms with Crippen molar-refractivity contribution in [1.29, 1.82) is 0 Å². The van der Waals surface area contributed by atoms with E-state index in [0.717, 1.165) is 91.0 Å². The molecular weight excluding hydrogens is 717 g/mol. The van der Waals surface area contributed by atoms with Gasteiger partial charge in [0.15, 0.2) is 5.82 Å². The zero-order valence-electron chi connectivity index (χ0n) is 32.0. The first kappa shape index (κ1) is 35.8. The van der Waals surface area contributed by atoms with Crippen molar-refractivity contribution in [2.24, 2.45) is 17.9 Å². The first-order chi connectivity index (χ1) is 27.2. The number of nitrogens with zero attached hydrogens (tertiary/aromatic N) is 7. The minimum atomic E-state index is -0.657. The Kier molecular flexibility index (Phi) is 8.63. The average Bonchev–Trinajstić information content (AvgIpc) is 3.41. The molecule has 2 bridgehead atoms. The van der Waals surface area contributed by atoms with Crippen LogP contribution in [0, 0.1) is 34.8 Å². The fourth-order valence-corrected chi connectivity index (χ4v) is 10.3. The average molecular weight is 764 g/mol. The van der Waals surface area contributed by atoms with E-state index in [1.807, 2.05) is 6.20 Å². The van der Waals surface area contributed by atoms with Gasteiger partial charge in [-0.1, -0.05) is 12.0 Å². The topological polar surface area (TPSA) is 101 Å². The van der Waals surface area contributed by atoms with Gasteiger partial charge in [0.1, 0.15) is 28.4 Å². The van der Waals surface area contributed by atoms with E-state index in [2.05, 4.69) is 20.6 Å². The van der Waals surface area contributed by atoms with Crippen LogP contribution in [-0.2, 0) is 16.5 Å². The molecule has 1 aliphatic carbocycles. The van der Waals surface area contributed by atoms with Gasteiger partial charge in [-0.2, -0.15) is 15.1 Å². The van der Waals surface area contributed by atoms with E-state index in [9.17, 15) is 5.11 Å². The van der Waals surface area contributed by atoms with Crippen LogP contribution in [0.2, 0.25) is 0 Å². The number of rotatable bonds is 11. The summed E-state index contributed by atoms with van der Waals surface area (Å²) in [6, 6.07) is 6.20. The molecule has 3 aromatic carbocycles. The molecule has 292 valence electrons. The highest BCUT2D eigenvalue weighted by Crippen LogP contribution is 2.51. The third-order valence-electron chi connectivity index (χ3n) is 13.0. The zero-order chi connectivity index (χ0) is 38.3. The van der Waals surface area contributed by atoms with Crippen LogP contribution in [0.15, 0.2) is 30.5 Å². The van der Waals surface area contributed by atoms with E-state index in [1.54, 1.807) is 18.8 Å². The van der Waals surface area contributed by atoms with Crippen molar-refractivity contribution in [2.45, 2.75) is 50.6 Å². The van der Waals surface area contributed by atoms with Crippen LogP contribution in [0.5, 0.6) is 11.8 Å². The van der Waals surface area contributed by atoms with Crippen LogP contribution in [0.4, 0.5) is 14.6 Å². The summed E-state index contributed by atoms with van der Waals surface area (Å²) in [5, 5.41) is 17.7. The second kappa shape index (κ2) is 13.5. The highest BCUT2D eigenvalue weighted by molar-refractivity contribution is 6.18. The molecule has 1 N–H and O–H groups in total. The lowest BCUT2D eigenvalue weighted by atomic mass is 9.78. The molecule has 10 rings (SSSR count). The summed E-state index contributed by atoms with van der Waals surface area (Å²) >= 11 is 0. The van der Waals surface area contributed by atoms with E-state index in [-0.39, 0.29) is 51.5 Å². The number of likely N-dealkylation sites (tertiary alicyclic amines) is 2. The van der Waals surface area contributed by atoms with Gasteiger partial charge in [0, 0.05) is 112 Å². The molecule has 1 saturated carbocycles. The lowest BCUT2D eigenvalue weighted by Gasteiger charge is -2.48. The summed E-state index contributed by atoms with van der Waals surface area (Å²) in [7, 11) is 3.52. The van der Waals surface area contributed by atoms with Gasteiger partial charge >= 0.3 is 6.01 Å². The molecule has 4 saturated heterocycles. The molecule has 5 aliphatic rings. The number of aryl methyl sites for hydroxylation is 1. The third-order valence-corrected chi connectivity index (χ3v) is 13.0. The predicted octanol–water partition coefficient (Wildman–Crippen LogP) is 5.87. The molecule has 2 aromatic heterocycles. The fourth-order valence-electron chi connectivity index (χ4n) is 10.3. The van der Waals surface area contributed by atoms with Crippen LogP contribution in [0.1, 0.15) is 44.1 Å². The number of aromatic nitrogens is 4. The summed E-state index contributed by atoms with van der Waals surface area (Å²) in [5.74, 6) is 1.74. The first-order valence-electron chi connectivity index (χ1n) is 19.9. The standard InChI is InChI=1S/C43H47F2N7O4/c1-4-30-33(44)9-6-26-16-29(53)17-31(34(26)30)35-37(45)39-36(32-20-49(2)48-38(32)35)40(52-27-7-8-28(52)19-50(18-27)13-5-14-54-3)47-41(46-39)56-25-42(10-11-42)21-51-22-43(23-51)12-15-55-24-43/h1,6,9,16-17,20,27-28,53H,5,7-8,10-15,18-19,21-25H2,2-3H3. The molecule has 11 nitrogen and oxygen atoms in total. The van der Waals surface area contributed by atoms with Crippen molar-refractivity contribution in [1.82, 2.24) is 29.5 Å². The van der Waals surface area contributed by atoms with Crippen LogP contribution < -0.4 is 9.64 Å². The summed E-state index contributed by atoms with van der Waals surface area (Å²) in [6.45, 7) is 8.56. The number of phenolic OH excluding ortho intramolecular Hbond substituents is 1. The van der Waals surface area contributed by atoms with Crippen molar-refractivity contribution in [2.75, 3.05) is 77.7 Å². The molecule has 2 unspecified atom stereocenters. The Morgan fingerprint density at radius 2 is 1.84 bits per heavy atom. The van der Waals surface area contributed by atoms with Gasteiger partial charge in [-0.25, -0.2) is 8.78 Å². The molecule has 1 spiro atoms. The Labute approximate surface area is 324 Å². The van der Waals surface area contributed by atoms with Crippen molar-refractivity contribution >= 4 is 38.4 Å². The number of anilines is 1. The van der Waals surface area contributed by atoms with Crippen molar-refractivity contribution in [3.8, 4) is 35.2 Å². The zero-order valence-corrected chi connectivity index (χ0v) is 32.0. The number of piperazine rings is 1. The molecule has 0 radical (unpaired) electrons. The number of benzene rings is 3. The fraction of sp³-hybridized carbons (Fsp3) is 0.512. The minimum Gasteiger partial charge on any atom is -0.508 e. The molecule has 5 aromatic rings. The number of methoxy groups -OCH3 is 1. The van der Waals surface area contributed by atoms with E-state index < -0.39 is 11.6 Å². The summed E-state index contributed by atoms with van der Waals surface area (Å²) in [4.78, 5) is 17.4.